The lowest BCUT2D eigenvalue weighted by Crippen LogP contribution is -3.19. The van der Waals surface area contributed by atoms with Crippen LogP contribution in [0.2, 0.25) is 0 Å². The SMILES string of the molecule is O[N+]12CC[NH+](CC1)CC2. The van der Waals surface area contributed by atoms with E-state index < -0.39 is 0 Å². The van der Waals surface area contributed by atoms with Gasteiger partial charge in [-0.15, -0.1) is 0 Å². The minimum absolute atomic E-state index is 0.365. The number of fused-ring (bicyclic) bond motifs is 3. The zero-order valence-electron chi connectivity index (χ0n) is 5.64. The summed E-state index contributed by atoms with van der Waals surface area (Å²) in [5.41, 5.74) is 0. The van der Waals surface area contributed by atoms with Crippen LogP contribution in [-0.4, -0.2) is 49.1 Å². The molecular formula is C6H14N2O+2. The van der Waals surface area contributed by atoms with Crippen LogP contribution >= 0.6 is 0 Å². The number of hydrogen-bond donors (Lipinski definition) is 2. The summed E-state index contributed by atoms with van der Waals surface area (Å²) in [5, 5.41) is 9.64. The van der Waals surface area contributed by atoms with E-state index in [9.17, 15) is 5.21 Å². The van der Waals surface area contributed by atoms with Gasteiger partial charge in [-0.3, -0.25) is 0 Å². The third-order valence-corrected chi connectivity index (χ3v) is 2.64. The first-order valence-electron chi connectivity index (χ1n) is 3.71. The van der Waals surface area contributed by atoms with Crippen LogP contribution in [0.15, 0.2) is 0 Å². The summed E-state index contributed by atoms with van der Waals surface area (Å²) in [4.78, 5) is 1.68. The fraction of sp³-hybridized carbons (Fsp3) is 1.00. The maximum atomic E-state index is 9.64. The second-order valence-corrected chi connectivity index (χ2v) is 3.27. The van der Waals surface area contributed by atoms with Crippen LogP contribution in [0.5, 0.6) is 0 Å². The molecule has 0 aromatic rings. The molecule has 0 unspecified atom stereocenters. The van der Waals surface area contributed by atoms with Gasteiger partial charge in [-0.1, -0.05) is 0 Å². The molecule has 9 heavy (non-hydrogen) atoms. The van der Waals surface area contributed by atoms with Gasteiger partial charge in [0, 0.05) is 0 Å². The fourth-order valence-electron chi connectivity index (χ4n) is 1.81. The van der Waals surface area contributed by atoms with Gasteiger partial charge >= 0.3 is 0 Å². The van der Waals surface area contributed by atoms with Gasteiger partial charge in [0.2, 0.25) is 0 Å². The molecule has 0 amide bonds. The largest absolute Gasteiger partial charge is 0.321 e. The number of nitrogens with one attached hydrogen (secondary N) is 1. The number of hydrogen-bond acceptors (Lipinski definition) is 1. The van der Waals surface area contributed by atoms with Gasteiger partial charge in [0.15, 0.2) is 19.6 Å². The Balaban J connectivity index is 2.11. The van der Waals surface area contributed by atoms with Crippen molar-refractivity contribution in [2.24, 2.45) is 0 Å². The highest BCUT2D eigenvalue weighted by Gasteiger charge is 2.40. The minimum atomic E-state index is 0.365. The Morgan fingerprint density at radius 2 is 1.44 bits per heavy atom. The smallest absolute Gasteiger partial charge is 0.158 e. The standard InChI is InChI=1S/C6H13N2O/c9-8-4-1-7(2-5-8)3-6-8/h9H,1-6H2/q+1/p+1. The Morgan fingerprint density at radius 3 is 1.67 bits per heavy atom. The molecule has 0 spiro atoms. The molecule has 3 heterocycles. The van der Waals surface area contributed by atoms with Crippen LogP contribution in [0, 0.1) is 0 Å². The Kier molecular flexibility index (Phi) is 1.06. The van der Waals surface area contributed by atoms with Crippen molar-refractivity contribution in [1.29, 1.82) is 0 Å². The minimum Gasteiger partial charge on any atom is -0.321 e. The summed E-state index contributed by atoms with van der Waals surface area (Å²) >= 11 is 0. The number of piperazine rings is 3. The highest BCUT2D eigenvalue weighted by molar-refractivity contribution is 4.48. The topological polar surface area (TPSA) is 24.7 Å². The van der Waals surface area contributed by atoms with Crippen LogP contribution in [0.3, 0.4) is 0 Å². The zero-order valence-corrected chi connectivity index (χ0v) is 5.64. The van der Waals surface area contributed by atoms with Gasteiger partial charge in [-0.25, -0.2) is 5.21 Å². The molecule has 3 aliphatic rings. The average Bonchev–Trinajstić information content (AvgIpc) is 1.90. The molecule has 0 aromatic carbocycles. The van der Waals surface area contributed by atoms with Crippen molar-refractivity contribution < 1.29 is 14.8 Å². The van der Waals surface area contributed by atoms with Crippen LogP contribution in [0.4, 0.5) is 0 Å². The van der Waals surface area contributed by atoms with E-state index in [2.05, 4.69) is 0 Å². The molecule has 3 aliphatic heterocycles. The molecule has 0 atom stereocenters. The van der Waals surface area contributed by atoms with E-state index in [-0.39, 0.29) is 0 Å². The highest BCUT2D eigenvalue weighted by atomic mass is 16.5. The Labute approximate surface area is 55.0 Å². The quantitative estimate of drug-likeness (QED) is 0.368. The van der Waals surface area contributed by atoms with E-state index in [1.807, 2.05) is 0 Å². The van der Waals surface area contributed by atoms with Crippen molar-refractivity contribution in [3.8, 4) is 0 Å². The molecule has 3 fully saturated rings. The van der Waals surface area contributed by atoms with Gasteiger partial charge in [0.05, 0.1) is 0 Å². The summed E-state index contributed by atoms with van der Waals surface area (Å²) in [6.45, 7) is 6.48. The second-order valence-electron chi connectivity index (χ2n) is 3.27. The Bertz CT molecular complexity index is 104. The van der Waals surface area contributed by atoms with Crippen molar-refractivity contribution in [1.82, 2.24) is 0 Å². The molecule has 0 saturated carbocycles. The van der Waals surface area contributed by atoms with Gasteiger partial charge in [-0.2, -0.15) is 4.65 Å². The summed E-state index contributed by atoms with van der Waals surface area (Å²) in [6.07, 6.45) is 0. The first-order chi connectivity index (χ1) is 4.29. The van der Waals surface area contributed by atoms with E-state index in [1.165, 1.54) is 19.6 Å². The van der Waals surface area contributed by atoms with Gasteiger partial charge < -0.3 is 4.90 Å². The van der Waals surface area contributed by atoms with Crippen LogP contribution in [0.25, 0.3) is 0 Å². The number of nitrogens with zero attached hydrogens (tertiary/aromatic N) is 1. The van der Waals surface area contributed by atoms with E-state index in [4.69, 9.17) is 0 Å². The second kappa shape index (κ2) is 1.68. The summed E-state index contributed by atoms with van der Waals surface area (Å²) in [7, 11) is 0. The highest BCUT2D eigenvalue weighted by Crippen LogP contribution is 2.03. The molecule has 0 radical (unpaired) electrons. The zero-order chi connectivity index (χ0) is 6.32. The Hall–Kier alpha value is -0.120. The first kappa shape index (κ1) is 5.65. The normalized spacial score (nSPS) is 49.7. The predicted octanol–water partition coefficient (Wildman–Crippen LogP) is -1.90. The van der Waals surface area contributed by atoms with E-state index >= 15 is 0 Å². The van der Waals surface area contributed by atoms with Crippen molar-refractivity contribution >= 4 is 0 Å². The van der Waals surface area contributed by atoms with Crippen molar-refractivity contribution in [3.63, 3.8) is 0 Å². The monoisotopic (exact) mass is 130 g/mol. The molecule has 0 aliphatic carbocycles. The third-order valence-electron chi connectivity index (χ3n) is 2.64. The molecule has 3 saturated heterocycles. The third kappa shape index (κ3) is 0.852. The van der Waals surface area contributed by atoms with Crippen molar-refractivity contribution in [2.45, 2.75) is 0 Å². The predicted molar refractivity (Wildman–Crippen MR) is 32.2 cm³/mol. The van der Waals surface area contributed by atoms with Crippen LogP contribution in [-0.2, 0) is 0 Å². The van der Waals surface area contributed by atoms with Gasteiger partial charge in [-0.05, 0) is 0 Å². The molecule has 3 nitrogen and oxygen atoms in total. The van der Waals surface area contributed by atoms with Crippen LogP contribution in [0.1, 0.15) is 0 Å². The fourth-order valence-corrected chi connectivity index (χ4v) is 1.81. The van der Waals surface area contributed by atoms with E-state index in [1.54, 1.807) is 4.90 Å². The molecule has 3 rings (SSSR count). The molecule has 3 heteroatoms. The maximum Gasteiger partial charge on any atom is 0.158 e. The lowest BCUT2D eigenvalue weighted by atomic mass is 10.2. The summed E-state index contributed by atoms with van der Waals surface area (Å²) in [5.74, 6) is 0. The molecule has 0 aromatic heterocycles. The van der Waals surface area contributed by atoms with Crippen molar-refractivity contribution in [3.05, 3.63) is 0 Å². The summed E-state index contributed by atoms with van der Waals surface area (Å²) < 4.78 is 0.365. The van der Waals surface area contributed by atoms with Gasteiger partial charge in [0.25, 0.3) is 0 Å². The van der Waals surface area contributed by atoms with E-state index in [0.717, 1.165) is 19.6 Å². The number of rotatable bonds is 0. The first-order valence-corrected chi connectivity index (χ1v) is 3.71. The number of quaternary nitrogens is 2. The van der Waals surface area contributed by atoms with Gasteiger partial charge in [0.1, 0.15) is 19.6 Å². The Morgan fingerprint density at radius 1 is 1.00 bits per heavy atom. The summed E-state index contributed by atoms with van der Waals surface area (Å²) in [6, 6.07) is 0. The average molecular weight is 130 g/mol. The lowest BCUT2D eigenvalue weighted by Gasteiger charge is -2.41. The molecule has 52 valence electrons. The maximum absolute atomic E-state index is 9.64. The number of hydroxylamine groups is 3. The van der Waals surface area contributed by atoms with E-state index in [0.29, 0.717) is 4.65 Å². The van der Waals surface area contributed by atoms with Crippen molar-refractivity contribution in [2.75, 3.05) is 39.3 Å². The van der Waals surface area contributed by atoms with Crippen LogP contribution < -0.4 is 4.90 Å². The lowest BCUT2D eigenvalue weighted by molar-refractivity contribution is -1.18. The molecule has 2 N–H and O–H groups in total. The molecule has 2 bridgehead atoms. The molecular weight excluding hydrogens is 116 g/mol.